The molecule has 0 spiro atoms. The van der Waals surface area contributed by atoms with E-state index in [0.29, 0.717) is 5.56 Å². The first-order chi connectivity index (χ1) is 9.02. The molecule has 4 heteroatoms. The lowest BCUT2D eigenvalue weighted by Crippen LogP contribution is -2.51. The Bertz CT molecular complexity index is 471. The minimum absolute atomic E-state index is 0.0452. The van der Waals surface area contributed by atoms with Crippen molar-refractivity contribution in [3.63, 3.8) is 0 Å². The quantitative estimate of drug-likeness (QED) is 0.857. The lowest BCUT2D eigenvalue weighted by atomic mass is 9.95. The predicted molar refractivity (Wildman–Crippen MR) is 75.2 cm³/mol. The molecule has 1 fully saturated rings. The van der Waals surface area contributed by atoms with Crippen molar-refractivity contribution in [2.45, 2.75) is 45.2 Å². The van der Waals surface area contributed by atoms with Gasteiger partial charge < -0.3 is 15.7 Å². The summed E-state index contributed by atoms with van der Waals surface area (Å²) in [7, 11) is 0. The SMILES string of the molecule is Cc1cccc(C(=O)N2CCCCC2C(C)N)c1O. The van der Waals surface area contributed by atoms with E-state index in [1.165, 1.54) is 0 Å². The fourth-order valence-electron chi connectivity index (χ4n) is 2.74. The standard InChI is InChI=1S/C15H22N2O2/c1-10-6-5-7-12(14(10)18)15(19)17-9-4-3-8-13(17)11(2)16/h5-7,11,13,18H,3-4,8-9,16H2,1-2H3. The molecular formula is C15H22N2O2. The Balaban J connectivity index is 2.29. The van der Waals surface area contributed by atoms with Crippen LogP contribution >= 0.6 is 0 Å². The van der Waals surface area contributed by atoms with Gasteiger partial charge in [0.25, 0.3) is 5.91 Å². The molecule has 0 aromatic heterocycles. The number of likely N-dealkylation sites (tertiary alicyclic amines) is 1. The number of hydrogen-bond donors (Lipinski definition) is 2. The maximum Gasteiger partial charge on any atom is 0.257 e. The van der Waals surface area contributed by atoms with Crippen LogP contribution in [-0.2, 0) is 0 Å². The van der Waals surface area contributed by atoms with Crippen LogP contribution in [0.1, 0.15) is 42.1 Å². The molecule has 1 aromatic rings. The maximum atomic E-state index is 12.6. The van der Waals surface area contributed by atoms with Gasteiger partial charge >= 0.3 is 0 Å². The zero-order valence-electron chi connectivity index (χ0n) is 11.6. The van der Waals surface area contributed by atoms with Crippen molar-refractivity contribution in [1.82, 2.24) is 4.90 Å². The van der Waals surface area contributed by atoms with Gasteiger partial charge in [-0.2, -0.15) is 0 Å². The van der Waals surface area contributed by atoms with Crippen molar-refractivity contribution in [3.8, 4) is 5.75 Å². The number of hydrogen-bond acceptors (Lipinski definition) is 3. The average Bonchev–Trinajstić information content (AvgIpc) is 2.41. The first-order valence-corrected chi connectivity index (χ1v) is 6.87. The fourth-order valence-corrected chi connectivity index (χ4v) is 2.74. The Labute approximate surface area is 114 Å². The second kappa shape index (κ2) is 5.61. The highest BCUT2D eigenvalue weighted by Crippen LogP contribution is 2.27. The summed E-state index contributed by atoms with van der Waals surface area (Å²) >= 11 is 0. The number of benzene rings is 1. The number of carbonyl (C=O) groups is 1. The number of piperidine rings is 1. The predicted octanol–water partition coefficient (Wildman–Crippen LogP) is 2.04. The molecule has 1 aliphatic heterocycles. The molecule has 1 heterocycles. The smallest absolute Gasteiger partial charge is 0.257 e. The number of carbonyl (C=O) groups excluding carboxylic acids is 1. The summed E-state index contributed by atoms with van der Waals surface area (Å²) in [6.45, 7) is 4.45. The summed E-state index contributed by atoms with van der Waals surface area (Å²) in [5, 5.41) is 10.0. The number of nitrogens with zero attached hydrogens (tertiary/aromatic N) is 1. The van der Waals surface area contributed by atoms with E-state index in [1.807, 2.05) is 11.8 Å². The Hall–Kier alpha value is -1.55. The number of para-hydroxylation sites is 1. The lowest BCUT2D eigenvalue weighted by Gasteiger charge is -2.38. The molecule has 0 saturated carbocycles. The van der Waals surface area contributed by atoms with E-state index in [-0.39, 0.29) is 23.7 Å². The second-order valence-corrected chi connectivity index (χ2v) is 5.39. The number of amides is 1. The highest BCUT2D eigenvalue weighted by molar-refractivity contribution is 5.97. The van der Waals surface area contributed by atoms with Crippen LogP contribution in [-0.4, -0.2) is 34.5 Å². The molecule has 1 amide bonds. The fraction of sp³-hybridized carbons (Fsp3) is 0.533. The summed E-state index contributed by atoms with van der Waals surface area (Å²) < 4.78 is 0. The number of aromatic hydroxyl groups is 1. The second-order valence-electron chi connectivity index (χ2n) is 5.39. The van der Waals surface area contributed by atoms with E-state index < -0.39 is 0 Å². The Morgan fingerprint density at radius 3 is 2.89 bits per heavy atom. The van der Waals surface area contributed by atoms with Crippen molar-refractivity contribution in [2.75, 3.05) is 6.54 Å². The van der Waals surface area contributed by atoms with Crippen LogP contribution < -0.4 is 5.73 Å². The largest absolute Gasteiger partial charge is 0.507 e. The molecule has 1 saturated heterocycles. The van der Waals surface area contributed by atoms with Crippen LogP contribution in [0.2, 0.25) is 0 Å². The van der Waals surface area contributed by atoms with Crippen molar-refractivity contribution < 1.29 is 9.90 Å². The molecule has 0 bridgehead atoms. The molecule has 19 heavy (non-hydrogen) atoms. The van der Waals surface area contributed by atoms with Gasteiger partial charge in [-0.05, 0) is 44.7 Å². The number of rotatable bonds is 2. The number of phenolic OH excluding ortho intramolecular Hbond substituents is 1. The van der Waals surface area contributed by atoms with Gasteiger partial charge in [-0.15, -0.1) is 0 Å². The van der Waals surface area contributed by atoms with Gasteiger partial charge in [0.05, 0.1) is 5.56 Å². The third-order valence-corrected chi connectivity index (χ3v) is 3.89. The van der Waals surface area contributed by atoms with Crippen molar-refractivity contribution in [3.05, 3.63) is 29.3 Å². The molecule has 1 aliphatic rings. The summed E-state index contributed by atoms with van der Waals surface area (Å²) in [6, 6.07) is 5.30. The Morgan fingerprint density at radius 2 is 2.21 bits per heavy atom. The topological polar surface area (TPSA) is 66.6 Å². The normalized spacial score (nSPS) is 21.2. The molecular weight excluding hydrogens is 240 g/mol. The first kappa shape index (κ1) is 13.9. The zero-order chi connectivity index (χ0) is 14.0. The molecule has 1 aromatic carbocycles. The van der Waals surface area contributed by atoms with E-state index in [9.17, 15) is 9.90 Å². The van der Waals surface area contributed by atoms with E-state index in [2.05, 4.69) is 0 Å². The van der Waals surface area contributed by atoms with Gasteiger partial charge in [0.1, 0.15) is 5.75 Å². The number of aryl methyl sites for hydroxylation is 1. The lowest BCUT2D eigenvalue weighted by molar-refractivity contribution is 0.0580. The van der Waals surface area contributed by atoms with Gasteiger partial charge in [-0.1, -0.05) is 12.1 Å². The molecule has 0 radical (unpaired) electrons. The zero-order valence-corrected chi connectivity index (χ0v) is 11.6. The van der Waals surface area contributed by atoms with Gasteiger partial charge in [-0.25, -0.2) is 0 Å². The van der Waals surface area contributed by atoms with Crippen LogP contribution in [0.15, 0.2) is 18.2 Å². The summed E-state index contributed by atoms with van der Waals surface area (Å²) in [4.78, 5) is 14.4. The Kier molecular flexibility index (Phi) is 4.10. The molecule has 2 unspecified atom stereocenters. The van der Waals surface area contributed by atoms with Crippen molar-refractivity contribution >= 4 is 5.91 Å². The van der Waals surface area contributed by atoms with Crippen LogP contribution in [0.3, 0.4) is 0 Å². The third kappa shape index (κ3) is 2.73. The van der Waals surface area contributed by atoms with Crippen LogP contribution in [0.4, 0.5) is 0 Å². The molecule has 3 N–H and O–H groups in total. The van der Waals surface area contributed by atoms with E-state index in [4.69, 9.17) is 5.73 Å². The van der Waals surface area contributed by atoms with Gasteiger partial charge in [0, 0.05) is 18.6 Å². The van der Waals surface area contributed by atoms with Crippen molar-refractivity contribution in [2.24, 2.45) is 5.73 Å². The highest BCUT2D eigenvalue weighted by atomic mass is 16.3. The third-order valence-electron chi connectivity index (χ3n) is 3.89. The van der Waals surface area contributed by atoms with Crippen LogP contribution in [0, 0.1) is 6.92 Å². The number of nitrogens with two attached hydrogens (primary N) is 1. The first-order valence-electron chi connectivity index (χ1n) is 6.87. The van der Waals surface area contributed by atoms with Gasteiger partial charge in [-0.3, -0.25) is 4.79 Å². The summed E-state index contributed by atoms with van der Waals surface area (Å²) in [5.41, 5.74) is 7.09. The average molecular weight is 262 g/mol. The highest BCUT2D eigenvalue weighted by Gasteiger charge is 2.31. The van der Waals surface area contributed by atoms with E-state index in [1.54, 1.807) is 25.1 Å². The van der Waals surface area contributed by atoms with E-state index in [0.717, 1.165) is 31.4 Å². The minimum Gasteiger partial charge on any atom is -0.507 e. The van der Waals surface area contributed by atoms with Crippen LogP contribution in [0.25, 0.3) is 0 Å². The summed E-state index contributed by atoms with van der Waals surface area (Å²) in [5.74, 6) is -0.0234. The molecule has 2 atom stereocenters. The van der Waals surface area contributed by atoms with Gasteiger partial charge in [0.15, 0.2) is 0 Å². The number of phenols is 1. The molecule has 104 valence electrons. The summed E-state index contributed by atoms with van der Waals surface area (Å²) in [6.07, 6.45) is 3.05. The minimum atomic E-state index is -0.108. The van der Waals surface area contributed by atoms with Gasteiger partial charge in [0.2, 0.25) is 0 Å². The Morgan fingerprint density at radius 1 is 1.47 bits per heavy atom. The molecule has 2 rings (SSSR count). The molecule has 0 aliphatic carbocycles. The monoisotopic (exact) mass is 262 g/mol. The van der Waals surface area contributed by atoms with E-state index >= 15 is 0 Å². The van der Waals surface area contributed by atoms with Crippen LogP contribution in [0.5, 0.6) is 5.75 Å². The maximum absolute atomic E-state index is 12.6. The molecule has 4 nitrogen and oxygen atoms in total. The van der Waals surface area contributed by atoms with Crippen molar-refractivity contribution in [1.29, 1.82) is 0 Å².